The van der Waals surface area contributed by atoms with Gasteiger partial charge in [-0.05, 0) is 25.5 Å². The fourth-order valence-electron chi connectivity index (χ4n) is 4.04. The third kappa shape index (κ3) is 16.7. The first kappa shape index (κ1) is 32.2. The fraction of sp³-hybridized carbons (Fsp3) is 0.920. The average molecular weight is 629 g/mol. The number of thioether (sulfide) groups is 1. The average Bonchev–Trinajstić information content (AvgIpc) is 3.25. The number of nitrogens with one attached hydrogen (secondary N) is 1. The predicted molar refractivity (Wildman–Crippen MR) is 157 cm³/mol. The number of halogens is 1. The summed E-state index contributed by atoms with van der Waals surface area (Å²) < 4.78 is 29.9. The van der Waals surface area contributed by atoms with Crippen molar-refractivity contribution in [3.63, 3.8) is 0 Å². The quantitative estimate of drug-likeness (QED) is 0.0752. The molecule has 1 rings (SSSR count). The van der Waals surface area contributed by atoms with Crippen molar-refractivity contribution in [2.45, 2.75) is 116 Å². The van der Waals surface area contributed by atoms with E-state index < -0.39 is 10.0 Å². The minimum atomic E-state index is -3.23. The van der Waals surface area contributed by atoms with Gasteiger partial charge in [0.25, 0.3) is 0 Å². The summed E-state index contributed by atoms with van der Waals surface area (Å²) >= 11 is 4.11. The molecule has 200 valence electrons. The van der Waals surface area contributed by atoms with E-state index >= 15 is 0 Å². The van der Waals surface area contributed by atoms with Gasteiger partial charge in [-0.15, -0.1) is 0 Å². The highest BCUT2D eigenvalue weighted by molar-refractivity contribution is 14.1. The molecule has 1 atom stereocenters. The molecule has 1 unspecified atom stereocenters. The van der Waals surface area contributed by atoms with Crippen LogP contribution in [0.25, 0.3) is 0 Å². The van der Waals surface area contributed by atoms with Gasteiger partial charge in [-0.1, -0.05) is 113 Å². The normalized spacial score (nSPS) is 12.9. The maximum absolute atomic E-state index is 12.2. The van der Waals surface area contributed by atoms with Crippen molar-refractivity contribution in [2.75, 3.05) is 28.2 Å². The molecule has 0 saturated heterocycles. The van der Waals surface area contributed by atoms with Crippen LogP contribution < -0.4 is 4.72 Å². The molecule has 0 aromatic carbocycles. The summed E-state index contributed by atoms with van der Waals surface area (Å²) in [5.41, 5.74) is 0. The van der Waals surface area contributed by atoms with Gasteiger partial charge in [0.05, 0.1) is 11.8 Å². The van der Waals surface area contributed by atoms with Gasteiger partial charge in [0.2, 0.25) is 10.0 Å². The van der Waals surface area contributed by atoms with Gasteiger partial charge in [0.15, 0.2) is 0 Å². The van der Waals surface area contributed by atoms with Crippen LogP contribution in [0.5, 0.6) is 0 Å². The monoisotopic (exact) mass is 628 g/mol. The maximum atomic E-state index is 12.2. The number of rotatable bonds is 24. The second kappa shape index (κ2) is 21.2. The smallest absolute Gasteiger partial charge is 0.211 e. The molecule has 0 aliphatic heterocycles. The van der Waals surface area contributed by atoms with E-state index in [0.717, 1.165) is 21.8 Å². The number of hydrogen-bond donors (Lipinski definition) is 1. The maximum Gasteiger partial charge on any atom is 0.211 e. The molecule has 0 radical (unpaired) electrons. The molecule has 0 amide bonds. The van der Waals surface area contributed by atoms with Crippen molar-refractivity contribution in [3.05, 3.63) is 12.2 Å². The lowest BCUT2D eigenvalue weighted by molar-refractivity contribution is 0.473. The Labute approximate surface area is 227 Å². The Bertz CT molecular complexity index is 701. The predicted octanol–water partition coefficient (Wildman–Crippen LogP) is 7.09. The molecule has 0 aliphatic carbocycles. The van der Waals surface area contributed by atoms with Crippen LogP contribution in [0.3, 0.4) is 0 Å². The Balaban J connectivity index is 2.10. The molecule has 0 bridgehead atoms. The number of aromatic nitrogens is 3. The van der Waals surface area contributed by atoms with Gasteiger partial charge >= 0.3 is 0 Å². The lowest BCUT2D eigenvalue weighted by Crippen LogP contribution is -2.34. The van der Waals surface area contributed by atoms with E-state index in [1.54, 1.807) is 6.33 Å². The molecule has 1 aromatic heterocycles. The van der Waals surface area contributed by atoms with Crippen molar-refractivity contribution in [1.29, 1.82) is 0 Å². The van der Waals surface area contributed by atoms with Crippen LogP contribution in [0.15, 0.2) is 6.33 Å². The van der Waals surface area contributed by atoms with E-state index in [2.05, 4.69) is 44.3 Å². The van der Waals surface area contributed by atoms with Gasteiger partial charge in [-0.25, -0.2) is 22.8 Å². The van der Waals surface area contributed by atoms with E-state index in [0.29, 0.717) is 13.0 Å². The standard InChI is InChI=1S/C25H49IN4O2S2/c1-3-4-5-6-7-8-9-10-11-12-13-14-15-16-19-33-22-25(30-24(2)27-23-28-30)21-29-34(31,32)20-17-18-26/h23,25,29H,3-22H2,1-2H3. The Kier molecular flexibility index (Phi) is 20.1. The topological polar surface area (TPSA) is 76.9 Å². The SMILES string of the molecule is CCCCCCCCCCCCCCCCSCC(CNS(=O)(=O)CCCI)n1ncnc1C. The minimum absolute atomic E-state index is 0.00600. The zero-order chi connectivity index (χ0) is 24.9. The molecule has 9 heteroatoms. The second-order valence-electron chi connectivity index (χ2n) is 9.29. The molecule has 0 aliphatic rings. The number of sulfonamides is 1. The Morgan fingerprint density at radius 1 is 0.941 bits per heavy atom. The summed E-state index contributed by atoms with van der Waals surface area (Å²) in [6, 6.07) is -0.00600. The van der Waals surface area contributed by atoms with Crippen LogP contribution in [0.2, 0.25) is 0 Å². The molecule has 1 aromatic rings. The fourth-order valence-corrected chi connectivity index (χ4v) is 7.16. The van der Waals surface area contributed by atoms with Crippen LogP contribution in [0.4, 0.5) is 0 Å². The Morgan fingerprint density at radius 2 is 1.50 bits per heavy atom. The van der Waals surface area contributed by atoms with Gasteiger partial charge in [0.1, 0.15) is 12.2 Å². The largest absolute Gasteiger partial charge is 0.245 e. The van der Waals surface area contributed by atoms with Crippen molar-refractivity contribution in [3.8, 4) is 0 Å². The van der Waals surface area contributed by atoms with Crippen LogP contribution in [0, 0.1) is 6.92 Å². The molecule has 1 N–H and O–H groups in total. The summed E-state index contributed by atoms with van der Waals surface area (Å²) in [5.74, 6) is 2.97. The van der Waals surface area contributed by atoms with E-state index in [-0.39, 0.29) is 11.8 Å². The zero-order valence-corrected chi connectivity index (χ0v) is 25.4. The van der Waals surface area contributed by atoms with Crippen molar-refractivity contribution < 1.29 is 8.42 Å². The number of alkyl halides is 1. The van der Waals surface area contributed by atoms with Gasteiger partial charge in [0, 0.05) is 16.7 Å². The Morgan fingerprint density at radius 3 is 2.00 bits per heavy atom. The van der Waals surface area contributed by atoms with Crippen LogP contribution in [-0.2, 0) is 10.0 Å². The lowest BCUT2D eigenvalue weighted by atomic mass is 10.0. The molecular formula is C25H49IN4O2S2. The van der Waals surface area contributed by atoms with Crippen molar-refractivity contribution >= 4 is 44.4 Å². The highest BCUT2D eigenvalue weighted by atomic mass is 127. The van der Waals surface area contributed by atoms with Crippen LogP contribution in [-0.4, -0.2) is 51.4 Å². The summed E-state index contributed by atoms with van der Waals surface area (Å²) in [6.07, 6.45) is 21.5. The first-order chi connectivity index (χ1) is 16.5. The molecule has 6 nitrogen and oxygen atoms in total. The van der Waals surface area contributed by atoms with Gasteiger partial charge in [-0.3, -0.25) is 0 Å². The third-order valence-corrected chi connectivity index (χ3v) is 9.53. The summed E-state index contributed by atoms with van der Waals surface area (Å²) in [5, 5.41) is 4.33. The third-order valence-electron chi connectivity index (χ3n) is 6.14. The van der Waals surface area contributed by atoms with Gasteiger partial charge < -0.3 is 0 Å². The summed E-state index contributed by atoms with van der Waals surface area (Å²) in [7, 11) is -3.23. The second-order valence-corrected chi connectivity index (χ2v) is 13.4. The van der Waals surface area contributed by atoms with E-state index in [4.69, 9.17) is 0 Å². The summed E-state index contributed by atoms with van der Waals surface area (Å²) in [4.78, 5) is 4.22. The van der Waals surface area contributed by atoms with E-state index in [9.17, 15) is 8.42 Å². The van der Waals surface area contributed by atoms with E-state index in [1.165, 1.54) is 89.9 Å². The molecular weight excluding hydrogens is 579 g/mol. The molecule has 0 saturated carbocycles. The molecule has 0 fully saturated rings. The highest BCUT2D eigenvalue weighted by Crippen LogP contribution is 2.18. The van der Waals surface area contributed by atoms with Crippen molar-refractivity contribution in [1.82, 2.24) is 19.5 Å². The molecule has 34 heavy (non-hydrogen) atoms. The van der Waals surface area contributed by atoms with Gasteiger partial charge in [-0.2, -0.15) is 16.9 Å². The van der Waals surface area contributed by atoms with Crippen molar-refractivity contribution in [2.24, 2.45) is 0 Å². The number of nitrogens with zero attached hydrogens (tertiary/aromatic N) is 3. The minimum Gasteiger partial charge on any atom is -0.245 e. The number of unbranched alkanes of at least 4 members (excludes halogenated alkanes) is 13. The van der Waals surface area contributed by atoms with E-state index in [1.807, 2.05) is 23.4 Å². The lowest BCUT2D eigenvalue weighted by Gasteiger charge is -2.19. The number of aryl methyl sites for hydroxylation is 1. The molecule has 0 spiro atoms. The Hall–Kier alpha value is 0.130. The zero-order valence-electron chi connectivity index (χ0n) is 21.6. The van der Waals surface area contributed by atoms with Crippen LogP contribution in [0.1, 0.15) is 115 Å². The van der Waals surface area contributed by atoms with Crippen LogP contribution >= 0.6 is 34.4 Å². The first-order valence-corrected chi connectivity index (χ1v) is 17.8. The summed E-state index contributed by atoms with van der Waals surface area (Å²) in [6.45, 7) is 4.57. The highest BCUT2D eigenvalue weighted by Gasteiger charge is 2.18. The molecule has 1 heterocycles. The first-order valence-electron chi connectivity index (χ1n) is 13.5. The number of hydrogen-bond acceptors (Lipinski definition) is 5.